The molecule has 1 aromatic heterocycles. The zero-order valence-corrected chi connectivity index (χ0v) is 9.68. The van der Waals surface area contributed by atoms with Gasteiger partial charge in [-0.2, -0.15) is 4.98 Å². The number of hydrogen-bond acceptors (Lipinski definition) is 5. The van der Waals surface area contributed by atoms with Gasteiger partial charge in [-0.1, -0.05) is 0 Å². The van der Waals surface area contributed by atoms with E-state index in [0.29, 0.717) is 5.82 Å². The Morgan fingerprint density at radius 2 is 2.26 bits per heavy atom. The summed E-state index contributed by atoms with van der Waals surface area (Å²) in [5, 5.41) is 19.1. The molecule has 0 aliphatic rings. The van der Waals surface area contributed by atoms with E-state index in [4.69, 9.17) is 0 Å². The molecule has 0 saturated heterocycles. The highest BCUT2D eigenvalue weighted by Crippen LogP contribution is 2.20. The van der Waals surface area contributed by atoms with E-state index in [-0.39, 0.29) is 5.95 Å². The molecule has 1 heterocycles. The van der Waals surface area contributed by atoms with Crippen molar-refractivity contribution in [3.8, 4) is 0 Å². The highest BCUT2D eigenvalue weighted by atomic mass is 19.1. The van der Waals surface area contributed by atoms with Crippen LogP contribution in [0.25, 0.3) is 0 Å². The van der Waals surface area contributed by atoms with Crippen LogP contribution < -0.4 is 5.32 Å². The largest absolute Gasteiger partial charge is 0.289 e. The molecular formula is C10H8FN5O3. The maximum Gasteiger partial charge on any atom is 0.282 e. The van der Waals surface area contributed by atoms with Crippen LogP contribution in [0.1, 0.15) is 16.2 Å². The summed E-state index contributed by atoms with van der Waals surface area (Å²) in [5.41, 5.74) is -0.890. The number of carbonyl (C=O) groups is 1. The maximum atomic E-state index is 13.1. The Morgan fingerprint density at radius 3 is 2.84 bits per heavy atom. The van der Waals surface area contributed by atoms with Gasteiger partial charge in [-0.05, 0) is 19.1 Å². The number of benzene rings is 1. The van der Waals surface area contributed by atoms with Crippen molar-refractivity contribution >= 4 is 17.5 Å². The fraction of sp³-hybridized carbons (Fsp3) is 0.100. The second-order valence-electron chi connectivity index (χ2n) is 3.62. The molecule has 0 aliphatic heterocycles. The fourth-order valence-electron chi connectivity index (χ4n) is 1.42. The van der Waals surface area contributed by atoms with Crippen molar-refractivity contribution in [2.75, 3.05) is 5.32 Å². The molecule has 2 rings (SSSR count). The van der Waals surface area contributed by atoms with Crippen molar-refractivity contribution in [1.29, 1.82) is 0 Å². The molecule has 0 spiro atoms. The fourth-order valence-corrected chi connectivity index (χ4v) is 1.42. The molecule has 0 fully saturated rings. The van der Waals surface area contributed by atoms with Gasteiger partial charge < -0.3 is 0 Å². The minimum atomic E-state index is -0.856. The Balaban J connectivity index is 2.32. The molecule has 2 N–H and O–H groups in total. The summed E-state index contributed by atoms with van der Waals surface area (Å²) in [6.45, 7) is 1.62. The molecule has 0 radical (unpaired) electrons. The van der Waals surface area contributed by atoms with E-state index in [0.717, 1.165) is 18.2 Å². The Bertz CT molecular complexity index is 654. The van der Waals surface area contributed by atoms with Crippen LogP contribution in [-0.2, 0) is 0 Å². The average molecular weight is 265 g/mol. The highest BCUT2D eigenvalue weighted by molar-refractivity contribution is 6.06. The standard InChI is InChI=1S/C10H8FN5O3/c1-5-12-10(15-14-5)13-9(17)7-4-6(11)2-3-8(7)16(18)19/h2-4H,1H3,(H2,12,13,14,15,17). The average Bonchev–Trinajstić information content (AvgIpc) is 2.74. The van der Waals surface area contributed by atoms with Crippen molar-refractivity contribution in [1.82, 2.24) is 15.2 Å². The molecule has 0 atom stereocenters. The first-order chi connectivity index (χ1) is 8.97. The van der Waals surface area contributed by atoms with Crippen molar-refractivity contribution in [3.63, 3.8) is 0 Å². The minimum Gasteiger partial charge on any atom is -0.289 e. The summed E-state index contributed by atoms with van der Waals surface area (Å²) in [4.78, 5) is 25.6. The van der Waals surface area contributed by atoms with Crippen LogP contribution >= 0.6 is 0 Å². The van der Waals surface area contributed by atoms with E-state index in [9.17, 15) is 19.3 Å². The SMILES string of the molecule is Cc1nc(NC(=O)c2cc(F)ccc2[N+](=O)[O-])n[nH]1. The van der Waals surface area contributed by atoms with Crippen LogP contribution in [0, 0.1) is 22.9 Å². The number of carbonyl (C=O) groups excluding carboxylic acids is 1. The first kappa shape index (κ1) is 12.6. The zero-order valence-electron chi connectivity index (χ0n) is 9.68. The second kappa shape index (κ2) is 4.80. The monoisotopic (exact) mass is 265 g/mol. The molecule has 0 aliphatic carbocycles. The molecular weight excluding hydrogens is 257 g/mol. The molecule has 1 aromatic carbocycles. The van der Waals surface area contributed by atoms with E-state index in [2.05, 4.69) is 20.5 Å². The molecule has 1 amide bonds. The third-order valence-electron chi connectivity index (χ3n) is 2.22. The number of halogens is 1. The lowest BCUT2D eigenvalue weighted by atomic mass is 10.1. The number of H-pyrrole nitrogens is 1. The highest BCUT2D eigenvalue weighted by Gasteiger charge is 2.21. The van der Waals surface area contributed by atoms with Crippen LogP contribution in [0.5, 0.6) is 0 Å². The van der Waals surface area contributed by atoms with E-state index >= 15 is 0 Å². The Morgan fingerprint density at radius 1 is 1.53 bits per heavy atom. The quantitative estimate of drug-likeness (QED) is 0.643. The van der Waals surface area contributed by atoms with Crippen LogP contribution in [0.2, 0.25) is 0 Å². The number of aromatic amines is 1. The number of nitro groups is 1. The number of nitrogens with one attached hydrogen (secondary N) is 2. The minimum absolute atomic E-state index is 0.0407. The van der Waals surface area contributed by atoms with Gasteiger partial charge in [0.15, 0.2) is 0 Å². The van der Waals surface area contributed by atoms with Crippen molar-refractivity contribution < 1.29 is 14.1 Å². The van der Waals surface area contributed by atoms with Crippen molar-refractivity contribution in [3.05, 3.63) is 45.5 Å². The number of hydrogen-bond donors (Lipinski definition) is 2. The van der Waals surface area contributed by atoms with Crippen molar-refractivity contribution in [2.24, 2.45) is 0 Å². The lowest BCUT2D eigenvalue weighted by Crippen LogP contribution is -2.15. The molecule has 19 heavy (non-hydrogen) atoms. The molecule has 0 bridgehead atoms. The first-order valence-electron chi connectivity index (χ1n) is 5.11. The summed E-state index contributed by atoms with van der Waals surface area (Å²) in [5.74, 6) is -1.18. The van der Waals surface area contributed by atoms with E-state index < -0.39 is 27.9 Å². The van der Waals surface area contributed by atoms with Gasteiger partial charge in [-0.25, -0.2) is 4.39 Å². The Hall–Kier alpha value is -2.84. The second-order valence-corrected chi connectivity index (χ2v) is 3.62. The van der Waals surface area contributed by atoms with Gasteiger partial charge in [-0.3, -0.25) is 25.3 Å². The number of aryl methyl sites for hydroxylation is 1. The molecule has 98 valence electrons. The summed E-state index contributed by atoms with van der Waals surface area (Å²) < 4.78 is 13.1. The van der Waals surface area contributed by atoms with Crippen LogP contribution in [0.3, 0.4) is 0 Å². The lowest BCUT2D eigenvalue weighted by Gasteiger charge is -2.02. The van der Waals surface area contributed by atoms with Gasteiger partial charge in [0.25, 0.3) is 11.6 Å². The van der Waals surface area contributed by atoms with E-state index in [1.165, 1.54) is 0 Å². The van der Waals surface area contributed by atoms with Crippen LogP contribution in [0.4, 0.5) is 16.0 Å². The molecule has 2 aromatic rings. The lowest BCUT2D eigenvalue weighted by molar-refractivity contribution is -0.385. The summed E-state index contributed by atoms with van der Waals surface area (Å²) in [7, 11) is 0. The summed E-state index contributed by atoms with van der Waals surface area (Å²) in [6.07, 6.45) is 0. The van der Waals surface area contributed by atoms with Gasteiger partial charge in [0, 0.05) is 6.07 Å². The van der Waals surface area contributed by atoms with Crippen LogP contribution in [0.15, 0.2) is 18.2 Å². The zero-order chi connectivity index (χ0) is 14.0. The van der Waals surface area contributed by atoms with Gasteiger partial charge >= 0.3 is 0 Å². The number of aromatic nitrogens is 3. The summed E-state index contributed by atoms with van der Waals surface area (Å²) in [6, 6.07) is 2.62. The van der Waals surface area contributed by atoms with Crippen molar-refractivity contribution in [2.45, 2.75) is 6.92 Å². The number of anilines is 1. The first-order valence-corrected chi connectivity index (χ1v) is 5.11. The molecule has 0 unspecified atom stereocenters. The smallest absolute Gasteiger partial charge is 0.282 e. The van der Waals surface area contributed by atoms with Crippen LogP contribution in [-0.4, -0.2) is 26.0 Å². The normalized spacial score (nSPS) is 10.2. The topological polar surface area (TPSA) is 114 Å². The Labute approximate surface area is 105 Å². The van der Waals surface area contributed by atoms with Gasteiger partial charge in [0.1, 0.15) is 17.2 Å². The predicted octanol–water partition coefficient (Wildman–Crippen LogP) is 1.41. The molecule has 8 nitrogen and oxygen atoms in total. The number of nitro benzene ring substituents is 1. The number of nitrogens with zero attached hydrogens (tertiary/aromatic N) is 3. The van der Waals surface area contributed by atoms with E-state index in [1.807, 2.05) is 0 Å². The maximum absolute atomic E-state index is 13.1. The third kappa shape index (κ3) is 2.70. The number of amides is 1. The van der Waals surface area contributed by atoms with Gasteiger partial charge in [-0.15, -0.1) is 5.10 Å². The van der Waals surface area contributed by atoms with E-state index in [1.54, 1.807) is 6.92 Å². The summed E-state index contributed by atoms with van der Waals surface area (Å²) >= 11 is 0. The predicted molar refractivity (Wildman–Crippen MR) is 62.1 cm³/mol. The van der Waals surface area contributed by atoms with Gasteiger partial charge in [0.05, 0.1) is 4.92 Å². The number of rotatable bonds is 3. The molecule has 0 saturated carbocycles. The Kier molecular flexibility index (Phi) is 3.19. The molecule has 9 heteroatoms. The van der Waals surface area contributed by atoms with Gasteiger partial charge in [0.2, 0.25) is 5.95 Å². The third-order valence-corrected chi connectivity index (χ3v) is 2.22.